The van der Waals surface area contributed by atoms with E-state index < -0.39 is 5.79 Å². The molecule has 0 N–H and O–H groups in total. The number of hydrogen-bond donors (Lipinski definition) is 0. The summed E-state index contributed by atoms with van der Waals surface area (Å²) in [6.45, 7) is 0. The van der Waals surface area contributed by atoms with Crippen LogP contribution in [0.5, 0.6) is 0 Å². The molecule has 0 aliphatic carbocycles. The van der Waals surface area contributed by atoms with Gasteiger partial charge in [0.25, 0.3) is 0 Å². The van der Waals surface area contributed by atoms with Crippen molar-refractivity contribution in [2.75, 3.05) is 7.11 Å². The van der Waals surface area contributed by atoms with E-state index in [9.17, 15) is 0 Å². The number of rotatable bonds is 1. The van der Waals surface area contributed by atoms with Gasteiger partial charge in [-0.2, -0.15) is 0 Å². The van der Waals surface area contributed by atoms with E-state index in [1.165, 1.54) is 5.56 Å². The molecule has 2 aliphatic heterocycles. The van der Waals surface area contributed by atoms with E-state index in [1.807, 2.05) is 24.3 Å². The van der Waals surface area contributed by atoms with Gasteiger partial charge in [-0.25, -0.2) is 0 Å². The van der Waals surface area contributed by atoms with Crippen molar-refractivity contribution in [2.45, 2.75) is 11.9 Å². The maximum absolute atomic E-state index is 5.75. The predicted octanol–water partition coefficient (Wildman–Crippen LogP) is 2.13. The Morgan fingerprint density at radius 1 is 1.38 bits per heavy atom. The van der Waals surface area contributed by atoms with Crippen molar-refractivity contribution in [1.82, 2.24) is 0 Å². The molecule has 2 bridgehead atoms. The fourth-order valence-corrected chi connectivity index (χ4v) is 2.09. The SMILES string of the molecule is COC12C=CC(O1)c1ccccc12. The van der Waals surface area contributed by atoms with Gasteiger partial charge in [0, 0.05) is 12.7 Å². The first-order valence-electron chi connectivity index (χ1n) is 4.37. The molecule has 3 rings (SSSR count). The van der Waals surface area contributed by atoms with Crippen molar-refractivity contribution in [2.24, 2.45) is 0 Å². The summed E-state index contributed by atoms with van der Waals surface area (Å²) in [5.74, 6) is -0.596. The average molecular weight is 174 g/mol. The van der Waals surface area contributed by atoms with Crippen LogP contribution in [0.3, 0.4) is 0 Å². The molecule has 0 saturated heterocycles. The molecule has 1 aromatic carbocycles. The van der Waals surface area contributed by atoms with Crippen molar-refractivity contribution in [3.63, 3.8) is 0 Å². The topological polar surface area (TPSA) is 18.5 Å². The summed E-state index contributed by atoms with van der Waals surface area (Å²) in [6.07, 6.45) is 4.13. The minimum absolute atomic E-state index is 0.0937. The van der Waals surface area contributed by atoms with Crippen LogP contribution in [0.4, 0.5) is 0 Å². The molecule has 2 aliphatic rings. The normalized spacial score (nSPS) is 33.8. The quantitative estimate of drug-likeness (QED) is 0.607. The van der Waals surface area contributed by atoms with Gasteiger partial charge in [-0.15, -0.1) is 0 Å². The molecule has 2 heteroatoms. The van der Waals surface area contributed by atoms with E-state index in [4.69, 9.17) is 9.47 Å². The summed E-state index contributed by atoms with van der Waals surface area (Å²) in [6, 6.07) is 8.18. The van der Waals surface area contributed by atoms with Crippen molar-refractivity contribution in [3.8, 4) is 0 Å². The Labute approximate surface area is 76.8 Å². The highest BCUT2D eigenvalue weighted by atomic mass is 16.7. The van der Waals surface area contributed by atoms with Crippen LogP contribution in [0.2, 0.25) is 0 Å². The molecule has 13 heavy (non-hydrogen) atoms. The van der Waals surface area contributed by atoms with Crippen molar-refractivity contribution in [1.29, 1.82) is 0 Å². The van der Waals surface area contributed by atoms with Gasteiger partial charge >= 0.3 is 0 Å². The molecule has 2 unspecified atom stereocenters. The summed E-state index contributed by atoms with van der Waals surface area (Å²) in [5, 5.41) is 0. The molecule has 0 saturated carbocycles. The van der Waals surface area contributed by atoms with Crippen LogP contribution < -0.4 is 0 Å². The number of hydrogen-bond acceptors (Lipinski definition) is 2. The molecular formula is C11H10O2. The highest BCUT2D eigenvalue weighted by Crippen LogP contribution is 2.50. The largest absolute Gasteiger partial charge is 0.346 e. The first-order chi connectivity index (χ1) is 6.36. The fourth-order valence-electron chi connectivity index (χ4n) is 2.09. The van der Waals surface area contributed by atoms with E-state index in [1.54, 1.807) is 7.11 Å². The van der Waals surface area contributed by atoms with Crippen LogP contribution in [0.15, 0.2) is 36.4 Å². The first-order valence-corrected chi connectivity index (χ1v) is 4.37. The van der Waals surface area contributed by atoms with Crippen LogP contribution in [-0.2, 0) is 15.3 Å². The van der Waals surface area contributed by atoms with E-state index in [2.05, 4.69) is 12.1 Å². The third kappa shape index (κ3) is 0.747. The number of fused-ring (bicyclic) bond motifs is 5. The predicted molar refractivity (Wildman–Crippen MR) is 48.1 cm³/mol. The lowest BCUT2D eigenvalue weighted by atomic mass is 9.95. The summed E-state index contributed by atoms with van der Waals surface area (Å²) >= 11 is 0. The highest BCUT2D eigenvalue weighted by Gasteiger charge is 2.46. The summed E-state index contributed by atoms with van der Waals surface area (Å²) in [7, 11) is 1.68. The number of methoxy groups -OCH3 is 1. The van der Waals surface area contributed by atoms with Crippen molar-refractivity contribution >= 4 is 0 Å². The van der Waals surface area contributed by atoms with Gasteiger partial charge in [-0.1, -0.05) is 24.3 Å². The Morgan fingerprint density at radius 2 is 2.23 bits per heavy atom. The smallest absolute Gasteiger partial charge is 0.216 e. The molecule has 0 aromatic heterocycles. The van der Waals surface area contributed by atoms with Crippen LogP contribution in [0.1, 0.15) is 17.2 Å². The molecule has 2 nitrogen and oxygen atoms in total. The molecule has 0 fully saturated rings. The molecule has 2 heterocycles. The lowest BCUT2D eigenvalue weighted by Gasteiger charge is -2.21. The maximum Gasteiger partial charge on any atom is 0.216 e. The molecule has 0 spiro atoms. The molecule has 2 atom stereocenters. The van der Waals surface area contributed by atoms with Gasteiger partial charge in [-0.05, 0) is 17.7 Å². The second kappa shape index (κ2) is 2.22. The third-order valence-electron chi connectivity index (χ3n) is 2.74. The molecule has 0 radical (unpaired) electrons. The Kier molecular flexibility index (Phi) is 1.25. The molecule has 66 valence electrons. The minimum Gasteiger partial charge on any atom is -0.346 e. The zero-order chi connectivity index (χ0) is 8.89. The van der Waals surface area contributed by atoms with E-state index in [0.29, 0.717) is 0 Å². The van der Waals surface area contributed by atoms with Crippen LogP contribution in [0, 0.1) is 0 Å². The standard InChI is InChI=1S/C11H10O2/c1-12-11-7-6-10(13-11)8-4-2-3-5-9(8)11/h2-7,10H,1H3. The van der Waals surface area contributed by atoms with Gasteiger partial charge in [0.2, 0.25) is 5.79 Å². The summed E-state index contributed by atoms with van der Waals surface area (Å²) < 4.78 is 11.2. The van der Waals surface area contributed by atoms with Crippen LogP contribution in [0.25, 0.3) is 0 Å². The summed E-state index contributed by atoms with van der Waals surface area (Å²) in [4.78, 5) is 0. The van der Waals surface area contributed by atoms with Gasteiger partial charge in [-0.3, -0.25) is 0 Å². The monoisotopic (exact) mass is 174 g/mol. The van der Waals surface area contributed by atoms with Gasteiger partial charge < -0.3 is 9.47 Å². The third-order valence-corrected chi connectivity index (χ3v) is 2.74. The maximum atomic E-state index is 5.75. The number of ether oxygens (including phenoxy) is 2. The van der Waals surface area contributed by atoms with Gasteiger partial charge in [0.15, 0.2) is 0 Å². The summed E-state index contributed by atoms with van der Waals surface area (Å²) in [5.41, 5.74) is 2.37. The Morgan fingerprint density at radius 3 is 3.08 bits per heavy atom. The molecular weight excluding hydrogens is 164 g/mol. The van der Waals surface area contributed by atoms with Crippen molar-refractivity contribution in [3.05, 3.63) is 47.5 Å². The van der Waals surface area contributed by atoms with E-state index >= 15 is 0 Å². The average Bonchev–Trinajstić information content (AvgIpc) is 2.75. The minimum atomic E-state index is -0.596. The fraction of sp³-hybridized carbons (Fsp3) is 0.273. The highest BCUT2D eigenvalue weighted by molar-refractivity contribution is 5.45. The lowest BCUT2D eigenvalue weighted by molar-refractivity contribution is -0.184. The van der Waals surface area contributed by atoms with Gasteiger partial charge in [0.05, 0.1) is 0 Å². The van der Waals surface area contributed by atoms with E-state index in [-0.39, 0.29) is 6.10 Å². The zero-order valence-electron chi connectivity index (χ0n) is 7.36. The van der Waals surface area contributed by atoms with E-state index in [0.717, 1.165) is 5.56 Å². The van der Waals surface area contributed by atoms with Crippen LogP contribution >= 0.6 is 0 Å². The molecule has 1 aromatic rings. The Bertz CT molecular complexity index is 383. The number of benzene rings is 1. The second-order valence-electron chi connectivity index (χ2n) is 3.36. The lowest BCUT2D eigenvalue weighted by Crippen LogP contribution is -2.22. The Balaban J connectivity index is 2.25. The second-order valence-corrected chi connectivity index (χ2v) is 3.36. The zero-order valence-corrected chi connectivity index (χ0v) is 7.36. The Hall–Kier alpha value is -1.12. The van der Waals surface area contributed by atoms with Crippen molar-refractivity contribution < 1.29 is 9.47 Å². The van der Waals surface area contributed by atoms with Gasteiger partial charge in [0.1, 0.15) is 6.10 Å². The molecule has 0 amide bonds. The first kappa shape index (κ1) is 7.30. The van der Waals surface area contributed by atoms with Crippen LogP contribution in [-0.4, -0.2) is 7.11 Å².